The third kappa shape index (κ3) is 3.73. The van der Waals surface area contributed by atoms with Gasteiger partial charge in [0.25, 0.3) is 0 Å². The largest absolute Gasteiger partial charge is 0.384 e. The van der Waals surface area contributed by atoms with Crippen molar-refractivity contribution in [3.8, 4) is 0 Å². The Hall–Kier alpha value is -2.07. The van der Waals surface area contributed by atoms with Gasteiger partial charge in [0.2, 0.25) is 0 Å². The molecule has 0 aliphatic rings. The van der Waals surface area contributed by atoms with Crippen LogP contribution in [0.2, 0.25) is 5.02 Å². The minimum absolute atomic E-state index is 0.0202. The van der Waals surface area contributed by atoms with Gasteiger partial charge >= 0.3 is 0 Å². The molecule has 0 spiro atoms. The lowest BCUT2D eigenvalue weighted by atomic mass is 10.1. The number of benzene rings is 1. The number of amidine groups is 1. The fourth-order valence-corrected chi connectivity index (χ4v) is 2.48. The molecule has 0 fully saturated rings. The van der Waals surface area contributed by atoms with E-state index in [1.807, 2.05) is 37.3 Å². The first-order valence-electron chi connectivity index (χ1n) is 6.82. The Balaban J connectivity index is 2.27. The molecule has 1 aromatic carbocycles. The van der Waals surface area contributed by atoms with E-state index in [9.17, 15) is 0 Å². The molecule has 2 aromatic rings. The van der Waals surface area contributed by atoms with E-state index in [4.69, 9.17) is 22.7 Å². The second-order valence-corrected chi connectivity index (χ2v) is 5.27. The van der Waals surface area contributed by atoms with Crippen LogP contribution in [-0.4, -0.2) is 17.4 Å². The summed E-state index contributed by atoms with van der Waals surface area (Å²) in [6, 6.07) is 11.4. The third-order valence-electron chi connectivity index (χ3n) is 3.28. The van der Waals surface area contributed by atoms with Crippen molar-refractivity contribution < 1.29 is 0 Å². The number of halogens is 1. The Morgan fingerprint density at radius 3 is 2.67 bits per heavy atom. The number of rotatable bonds is 5. The smallest absolute Gasteiger partial charge is 0.122 e. The van der Waals surface area contributed by atoms with Gasteiger partial charge in [-0.3, -0.25) is 10.4 Å². The minimum Gasteiger partial charge on any atom is -0.384 e. The molecule has 1 aromatic heterocycles. The summed E-state index contributed by atoms with van der Waals surface area (Å²) < 4.78 is 0. The molecule has 0 aliphatic carbocycles. The Morgan fingerprint density at radius 1 is 1.33 bits per heavy atom. The lowest BCUT2D eigenvalue weighted by molar-refractivity contribution is 0.806. The molecular formula is C16H19ClN4. The summed E-state index contributed by atoms with van der Waals surface area (Å²) in [5, 5.41) is 8.05. The van der Waals surface area contributed by atoms with E-state index in [0.717, 1.165) is 23.6 Å². The van der Waals surface area contributed by atoms with Gasteiger partial charge in [0.15, 0.2) is 0 Å². The molecule has 1 heterocycles. The highest BCUT2D eigenvalue weighted by Crippen LogP contribution is 2.27. The quantitative estimate of drug-likeness (QED) is 0.657. The van der Waals surface area contributed by atoms with Gasteiger partial charge < -0.3 is 10.6 Å². The molecule has 0 bridgehead atoms. The van der Waals surface area contributed by atoms with Gasteiger partial charge in [-0.25, -0.2) is 0 Å². The van der Waals surface area contributed by atoms with E-state index >= 15 is 0 Å². The first-order chi connectivity index (χ1) is 10.0. The fraction of sp³-hybridized carbons (Fsp3) is 0.250. The van der Waals surface area contributed by atoms with Crippen LogP contribution in [0.25, 0.3) is 0 Å². The lowest BCUT2D eigenvalue weighted by Gasteiger charge is -2.24. The molecule has 5 heteroatoms. The number of nitrogens with zero attached hydrogens (tertiary/aromatic N) is 2. The van der Waals surface area contributed by atoms with Crippen LogP contribution in [0.3, 0.4) is 0 Å². The van der Waals surface area contributed by atoms with E-state index in [1.165, 1.54) is 0 Å². The van der Waals surface area contributed by atoms with Crippen LogP contribution in [0.4, 0.5) is 5.69 Å². The molecule has 110 valence electrons. The summed E-state index contributed by atoms with van der Waals surface area (Å²) in [7, 11) is 0. The maximum absolute atomic E-state index is 7.45. The van der Waals surface area contributed by atoms with Gasteiger partial charge in [0.05, 0.1) is 22.9 Å². The predicted molar refractivity (Wildman–Crippen MR) is 88.2 cm³/mol. The van der Waals surface area contributed by atoms with Crippen LogP contribution in [0.15, 0.2) is 36.4 Å². The van der Waals surface area contributed by atoms with Gasteiger partial charge in [-0.15, -0.1) is 0 Å². The van der Waals surface area contributed by atoms with Gasteiger partial charge in [0.1, 0.15) is 5.84 Å². The molecule has 0 amide bonds. The SMILES string of the molecule is CCN(Cc1cccc(C)n1)c1ccc(C(=N)N)cc1Cl. The van der Waals surface area contributed by atoms with Crippen molar-refractivity contribution in [3.05, 3.63) is 58.4 Å². The van der Waals surface area contributed by atoms with Crippen molar-refractivity contribution in [2.45, 2.75) is 20.4 Å². The minimum atomic E-state index is 0.0202. The number of nitrogen functional groups attached to an aromatic ring is 1. The van der Waals surface area contributed by atoms with Crippen molar-refractivity contribution in [3.63, 3.8) is 0 Å². The summed E-state index contributed by atoms with van der Waals surface area (Å²) >= 11 is 6.33. The van der Waals surface area contributed by atoms with E-state index in [-0.39, 0.29) is 5.84 Å². The topological polar surface area (TPSA) is 66.0 Å². The Bertz CT molecular complexity index is 654. The standard InChI is InChI=1S/C16H19ClN4/c1-3-21(10-13-6-4-5-11(2)20-13)15-8-7-12(16(18)19)9-14(15)17/h4-9H,3,10H2,1-2H3,(H3,18,19). The van der Waals surface area contributed by atoms with E-state index in [0.29, 0.717) is 17.1 Å². The lowest BCUT2D eigenvalue weighted by Crippen LogP contribution is -2.23. The van der Waals surface area contributed by atoms with Gasteiger partial charge in [-0.05, 0) is 44.2 Å². The maximum Gasteiger partial charge on any atom is 0.122 e. The predicted octanol–water partition coefficient (Wildman–Crippen LogP) is 3.35. The number of anilines is 1. The van der Waals surface area contributed by atoms with E-state index in [2.05, 4.69) is 16.8 Å². The number of nitrogens with one attached hydrogen (secondary N) is 1. The zero-order valence-corrected chi connectivity index (χ0v) is 13.0. The van der Waals surface area contributed by atoms with Crippen molar-refractivity contribution >= 4 is 23.1 Å². The summed E-state index contributed by atoms with van der Waals surface area (Å²) in [5.74, 6) is 0.0202. The summed E-state index contributed by atoms with van der Waals surface area (Å²) in [5.41, 5.74) is 9.04. The average Bonchev–Trinajstić information content (AvgIpc) is 2.45. The number of hydrogen-bond donors (Lipinski definition) is 2. The van der Waals surface area contributed by atoms with E-state index in [1.54, 1.807) is 6.07 Å². The highest BCUT2D eigenvalue weighted by atomic mass is 35.5. The molecule has 0 aliphatic heterocycles. The number of aryl methyl sites for hydroxylation is 1. The molecule has 21 heavy (non-hydrogen) atoms. The van der Waals surface area contributed by atoms with Crippen LogP contribution in [-0.2, 0) is 6.54 Å². The summed E-state index contributed by atoms with van der Waals surface area (Å²) in [6.07, 6.45) is 0. The summed E-state index contributed by atoms with van der Waals surface area (Å²) in [6.45, 7) is 5.56. The molecule has 4 nitrogen and oxygen atoms in total. The molecular weight excluding hydrogens is 284 g/mol. The third-order valence-corrected chi connectivity index (χ3v) is 3.58. The number of nitrogens with two attached hydrogens (primary N) is 1. The molecule has 0 atom stereocenters. The first kappa shape index (κ1) is 15.3. The monoisotopic (exact) mass is 302 g/mol. The highest BCUT2D eigenvalue weighted by molar-refractivity contribution is 6.33. The average molecular weight is 303 g/mol. The normalized spacial score (nSPS) is 10.4. The van der Waals surface area contributed by atoms with E-state index < -0.39 is 0 Å². The molecule has 0 saturated carbocycles. The Morgan fingerprint density at radius 2 is 2.10 bits per heavy atom. The first-order valence-corrected chi connectivity index (χ1v) is 7.20. The molecule has 3 N–H and O–H groups in total. The van der Waals surface area contributed by atoms with Crippen LogP contribution in [0.5, 0.6) is 0 Å². The Labute approximate surface area is 130 Å². The maximum atomic E-state index is 7.45. The van der Waals surface area contributed by atoms with Crippen LogP contribution in [0.1, 0.15) is 23.9 Å². The van der Waals surface area contributed by atoms with Gasteiger partial charge in [-0.1, -0.05) is 17.7 Å². The highest BCUT2D eigenvalue weighted by Gasteiger charge is 2.11. The van der Waals surface area contributed by atoms with Crippen LogP contribution < -0.4 is 10.6 Å². The molecule has 2 rings (SSSR count). The second-order valence-electron chi connectivity index (χ2n) is 4.86. The van der Waals surface area contributed by atoms with Crippen molar-refractivity contribution in [2.75, 3.05) is 11.4 Å². The molecule has 0 radical (unpaired) electrons. The number of pyridine rings is 1. The van der Waals surface area contributed by atoms with Gasteiger partial charge in [-0.2, -0.15) is 0 Å². The van der Waals surface area contributed by atoms with Crippen LogP contribution in [0, 0.1) is 12.3 Å². The molecule has 0 saturated heterocycles. The zero-order chi connectivity index (χ0) is 15.4. The van der Waals surface area contributed by atoms with Crippen molar-refractivity contribution in [1.82, 2.24) is 4.98 Å². The van der Waals surface area contributed by atoms with Crippen LogP contribution >= 0.6 is 11.6 Å². The molecule has 0 unspecified atom stereocenters. The fourth-order valence-electron chi connectivity index (χ4n) is 2.18. The second kappa shape index (κ2) is 6.59. The van der Waals surface area contributed by atoms with Gasteiger partial charge in [0, 0.05) is 17.8 Å². The van der Waals surface area contributed by atoms with Crippen molar-refractivity contribution in [1.29, 1.82) is 5.41 Å². The van der Waals surface area contributed by atoms with Crippen molar-refractivity contribution in [2.24, 2.45) is 5.73 Å². The number of hydrogen-bond acceptors (Lipinski definition) is 3. The number of aromatic nitrogens is 1. The Kier molecular flexibility index (Phi) is 4.81. The zero-order valence-electron chi connectivity index (χ0n) is 12.2. The summed E-state index contributed by atoms with van der Waals surface area (Å²) in [4.78, 5) is 6.67.